The van der Waals surface area contributed by atoms with Crippen molar-refractivity contribution in [2.24, 2.45) is 0 Å². The number of nitrogens with one attached hydrogen (secondary N) is 3. The molecule has 0 unspecified atom stereocenters. The lowest BCUT2D eigenvalue weighted by Crippen LogP contribution is -2.59. The summed E-state index contributed by atoms with van der Waals surface area (Å²) in [5.41, 5.74) is 4.34. The van der Waals surface area contributed by atoms with Gasteiger partial charge in [-0.15, -0.1) is 11.6 Å². The molecule has 3 N–H and O–H groups in total. The topological polar surface area (TPSA) is 182 Å². The molecule has 2 aromatic carbocycles. The number of likely N-dealkylation sites (N-methyl/N-ethyl adjacent to an activating group) is 1. The summed E-state index contributed by atoms with van der Waals surface area (Å²) < 4.78 is 27.4. The molecule has 0 spiro atoms. The van der Waals surface area contributed by atoms with Gasteiger partial charge in [0.1, 0.15) is 22.5 Å². The van der Waals surface area contributed by atoms with Crippen LogP contribution in [0.15, 0.2) is 34.7 Å². The van der Waals surface area contributed by atoms with E-state index in [2.05, 4.69) is 15.8 Å². The Balaban J connectivity index is 1.54. The number of hydrazine groups is 1. The van der Waals surface area contributed by atoms with E-state index in [1.54, 1.807) is 52.0 Å². The Bertz CT molecular complexity index is 2060. The Morgan fingerprint density at radius 2 is 1.76 bits per heavy atom. The Labute approximate surface area is 298 Å². The van der Waals surface area contributed by atoms with Crippen LogP contribution >= 0.6 is 11.6 Å². The summed E-state index contributed by atoms with van der Waals surface area (Å²) in [7, 11) is 4.13. The number of anilines is 1. The van der Waals surface area contributed by atoms with Crippen LogP contribution in [0.25, 0.3) is 21.9 Å². The van der Waals surface area contributed by atoms with Gasteiger partial charge in [-0.2, -0.15) is 0 Å². The van der Waals surface area contributed by atoms with Gasteiger partial charge in [0, 0.05) is 47.9 Å². The summed E-state index contributed by atoms with van der Waals surface area (Å²) in [6, 6.07) is 8.27. The van der Waals surface area contributed by atoms with Crippen molar-refractivity contribution in [3.8, 4) is 11.5 Å². The van der Waals surface area contributed by atoms with Gasteiger partial charge in [-0.25, -0.2) is 19.8 Å². The molecule has 272 valence electrons. The van der Waals surface area contributed by atoms with E-state index in [0.717, 1.165) is 4.90 Å². The molecule has 2 aromatic heterocycles. The van der Waals surface area contributed by atoms with Gasteiger partial charge in [0.15, 0.2) is 11.5 Å². The number of fused-ring (bicyclic) bond motifs is 4. The number of aryl methyl sites for hydroxylation is 1. The highest BCUT2D eigenvalue weighted by atomic mass is 35.5. The number of H-pyrrole nitrogens is 1. The Morgan fingerprint density at radius 1 is 1.06 bits per heavy atom. The smallest absolute Gasteiger partial charge is 0.426 e. The number of hydrogen-bond donors (Lipinski definition) is 3. The van der Waals surface area contributed by atoms with Crippen LogP contribution in [-0.2, 0) is 14.3 Å². The molecule has 0 radical (unpaired) electrons. The van der Waals surface area contributed by atoms with E-state index in [1.165, 1.54) is 46.1 Å². The van der Waals surface area contributed by atoms with E-state index >= 15 is 0 Å². The predicted octanol–water partition coefficient (Wildman–Crippen LogP) is 5.77. The van der Waals surface area contributed by atoms with E-state index in [-0.39, 0.29) is 35.0 Å². The van der Waals surface area contributed by atoms with Crippen molar-refractivity contribution in [2.45, 2.75) is 58.6 Å². The average Bonchev–Trinajstić information content (AvgIpc) is 3.77. The molecule has 1 aliphatic heterocycles. The molecular formula is C35H40ClN5O10. The van der Waals surface area contributed by atoms with E-state index in [9.17, 15) is 24.0 Å². The average molecular weight is 726 g/mol. The van der Waals surface area contributed by atoms with Crippen LogP contribution in [0.3, 0.4) is 0 Å². The quantitative estimate of drug-likeness (QED) is 0.120. The lowest BCUT2D eigenvalue weighted by molar-refractivity contribution is -0.131. The maximum atomic E-state index is 14.1. The third kappa shape index (κ3) is 6.98. The normalized spacial score (nSPS) is 14.2. The molecule has 3 heterocycles. The molecule has 51 heavy (non-hydrogen) atoms. The molecule has 15 nitrogen and oxygen atoms in total. The predicted molar refractivity (Wildman–Crippen MR) is 188 cm³/mol. The number of aromatic amines is 1. The van der Waals surface area contributed by atoms with Gasteiger partial charge in [-0.05, 0) is 71.4 Å². The second-order valence-electron chi connectivity index (χ2n) is 13.5. The first kappa shape index (κ1) is 36.8. The summed E-state index contributed by atoms with van der Waals surface area (Å²) in [4.78, 5) is 71.8. The number of aromatic nitrogens is 1. The molecular weight excluding hydrogens is 686 g/mol. The fourth-order valence-corrected chi connectivity index (χ4v) is 6.03. The van der Waals surface area contributed by atoms with Crippen molar-refractivity contribution in [3.63, 3.8) is 0 Å². The van der Waals surface area contributed by atoms with Crippen molar-refractivity contribution in [3.05, 3.63) is 52.9 Å². The molecule has 0 aliphatic carbocycles. The SMILES string of the molecule is COC(=O)c1c(C)[nH]c2c(OC(=O)N(C)C(C)(C)C(=O)NNC(=O)OC(C)(C)C)cc3c(c12)[C@H](CCl)CN3C(=O)c1cc2cc(OC)ccc2o1. The third-order valence-corrected chi connectivity index (χ3v) is 9.02. The second-order valence-corrected chi connectivity index (χ2v) is 13.8. The van der Waals surface area contributed by atoms with Crippen molar-refractivity contribution in [1.29, 1.82) is 0 Å². The first-order valence-electron chi connectivity index (χ1n) is 15.9. The minimum atomic E-state index is -1.56. The molecule has 0 bridgehead atoms. The summed E-state index contributed by atoms with van der Waals surface area (Å²) in [5.74, 6) is -1.63. The van der Waals surface area contributed by atoms with E-state index in [0.29, 0.717) is 39.0 Å². The number of carbonyl (C=O) groups is 5. The molecule has 4 aromatic rings. The highest BCUT2D eigenvalue weighted by Gasteiger charge is 2.41. The molecule has 16 heteroatoms. The maximum Gasteiger partial charge on any atom is 0.426 e. The number of alkyl halides is 1. The van der Waals surface area contributed by atoms with Crippen LogP contribution in [0.1, 0.15) is 72.7 Å². The number of nitrogens with zero attached hydrogens (tertiary/aromatic N) is 2. The van der Waals surface area contributed by atoms with Gasteiger partial charge in [0.25, 0.3) is 11.8 Å². The lowest BCUT2D eigenvalue weighted by atomic mass is 9.95. The molecule has 4 amide bonds. The fourth-order valence-electron chi connectivity index (χ4n) is 5.78. The van der Waals surface area contributed by atoms with Crippen LogP contribution in [-0.4, -0.2) is 84.7 Å². The van der Waals surface area contributed by atoms with E-state index < -0.39 is 47.0 Å². The molecule has 1 atom stereocenters. The zero-order chi connectivity index (χ0) is 37.6. The van der Waals surface area contributed by atoms with Gasteiger partial charge in [0.2, 0.25) is 0 Å². The number of furan rings is 1. The van der Waals surface area contributed by atoms with Crippen LogP contribution in [0, 0.1) is 6.92 Å². The molecule has 5 rings (SSSR count). The number of hydrogen-bond acceptors (Lipinski definition) is 10. The number of carbonyl (C=O) groups excluding carboxylic acids is 5. The Morgan fingerprint density at radius 3 is 2.39 bits per heavy atom. The first-order valence-corrected chi connectivity index (χ1v) is 16.4. The van der Waals surface area contributed by atoms with Crippen LogP contribution in [0.4, 0.5) is 15.3 Å². The highest BCUT2D eigenvalue weighted by molar-refractivity contribution is 6.20. The van der Waals surface area contributed by atoms with E-state index in [4.69, 9.17) is 35.0 Å². The molecule has 0 saturated carbocycles. The first-order chi connectivity index (χ1) is 23.9. The summed E-state index contributed by atoms with van der Waals surface area (Å²) in [5, 5.41) is 1.03. The number of rotatable bonds is 7. The van der Waals surface area contributed by atoms with Crippen molar-refractivity contribution >= 4 is 69.1 Å². The molecule has 0 fully saturated rings. The fraction of sp³-hybridized carbons (Fsp3) is 0.400. The largest absolute Gasteiger partial charge is 0.497 e. The number of amides is 4. The number of halogens is 1. The zero-order valence-corrected chi connectivity index (χ0v) is 30.5. The van der Waals surface area contributed by atoms with Crippen LogP contribution in [0.2, 0.25) is 0 Å². The molecule has 0 saturated heterocycles. The summed E-state index contributed by atoms with van der Waals surface area (Å²) >= 11 is 6.48. The third-order valence-electron chi connectivity index (χ3n) is 8.65. The minimum Gasteiger partial charge on any atom is -0.497 e. The maximum absolute atomic E-state index is 14.1. The van der Waals surface area contributed by atoms with Gasteiger partial charge in [-0.3, -0.25) is 19.9 Å². The van der Waals surface area contributed by atoms with Gasteiger partial charge in [0.05, 0.1) is 31.0 Å². The number of esters is 1. The number of ether oxygens (including phenoxy) is 4. The zero-order valence-electron chi connectivity index (χ0n) is 29.7. The number of methoxy groups -OCH3 is 2. The summed E-state index contributed by atoms with van der Waals surface area (Å²) in [6.45, 7) is 9.69. The number of benzene rings is 2. The molecule has 1 aliphatic rings. The van der Waals surface area contributed by atoms with Crippen molar-refractivity contribution in [2.75, 3.05) is 38.6 Å². The van der Waals surface area contributed by atoms with E-state index in [1.807, 2.05) is 0 Å². The summed E-state index contributed by atoms with van der Waals surface area (Å²) in [6.07, 6.45) is -1.85. The second kappa shape index (κ2) is 13.7. The van der Waals surface area contributed by atoms with Crippen molar-refractivity contribution < 1.29 is 47.3 Å². The van der Waals surface area contributed by atoms with Crippen LogP contribution < -0.4 is 25.2 Å². The van der Waals surface area contributed by atoms with Crippen LogP contribution in [0.5, 0.6) is 11.5 Å². The van der Waals surface area contributed by atoms with Gasteiger partial charge < -0.3 is 33.2 Å². The standard InChI is InChI=1S/C35H40ClN5O10/c1-17-25(30(43)48-9)27-26-19(15-36)16-41(29(42)24-13-18-12-20(47-8)10-11-22(18)49-24)21(26)14-23(28(27)37-17)50-33(46)40(7)35(5,6)31(44)38-39-32(45)51-34(2,3)4/h10-14,19,37H,15-16H2,1-9H3,(H,38,44)(H,39,45)/t19-/m1/s1. The van der Waals surface area contributed by atoms with Gasteiger partial charge >= 0.3 is 18.2 Å². The van der Waals surface area contributed by atoms with Crippen molar-refractivity contribution in [1.82, 2.24) is 20.7 Å². The Hall–Kier alpha value is -5.44. The van der Waals surface area contributed by atoms with Gasteiger partial charge in [-0.1, -0.05) is 0 Å². The Kier molecular flexibility index (Phi) is 9.89. The lowest BCUT2D eigenvalue weighted by Gasteiger charge is -2.33. The monoisotopic (exact) mass is 725 g/mol. The minimum absolute atomic E-state index is 0.0377. The highest BCUT2D eigenvalue weighted by Crippen LogP contribution is 2.48.